The van der Waals surface area contributed by atoms with Crippen molar-refractivity contribution in [2.24, 2.45) is 5.10 Å². The highest BCUT2D eigenvalue weighted by molar-refractivity contribution is 6.13. The fourth-order valence-corrected chi connectivity index (χ4v) is 1.90. The van der Waals surface area contributed by atoms with Crippen molar-refractivity contribution in [2.75, 3.05) is 0 Å². The average Bonchev–Trinajstić information content (AvgIpc) is 2.72. The molecule has 0 aromatic carbocycles. The predicted molar refractivity (Wildman–Crippen MR) is 71.8 cm³/mol. The molecule has 0 unspecified atom stereocenters. The Kier molecular flexibility index (Phi) is 4.24. The van der Waals surface area contributed by atoms with Crippen LogP contribution in [0, 0.1) is 0 Å². The van der Waals surface area contributed by atoms with Crippen LogP contribution < -0.4 is 0 Å². The van der Waals surface area contributed by atoms with E-state index in [9.17, 15) is 14.4 Å². The summed E-state index contributed by atoms with van der Waals surface area (Å²) in [5.41, 5.74) is 1.67. The highest BCUT2D eigenvalue weighted by Gasteiger charge is 2.23. The van der Waals surface area contributed by atoms with Crippen LogP contribution in [0.25, 0.3) is 0 Å². The molecule has 0 aromatic heterocycles. The van der Waals surface area contributed by atoms with Crippen molar-refractivity contribution >= 4 is 23.5 Å². The minimum Gasteiger partial charge on any atom is -0.481 e. The topological polar surface area (TPSA) is 87.0 Å². The van der Waals surface area contributed by atoms with Crippen LogP contribution in [0.15, 0.2) is 41.1 Å². The van der Waals surface area contributed by atoms with E-state index in [2.05, 4.69) is 5.10 Å². The maximum Gasteiger partial charge on any atom is 0.303 e. The molecule has 1 aliphatic heterocycles. The number of amides is 2. The monoisotopic (exact) mass is 274 g/mol. The number of allylic oxidation sites excluding steroid dienone is 4. The first-order valence-electron chi connectivity index (χ1n) is 6.29. The molecule has 6 heteroatoms. The number of imide groups is 1. The Labute approximate surface area is 115 Å². The number of carboxylic acids is 1. The summed E-state index contributed by atoms with van der Waals surface area (Å²) in [6.07, 6.45) is 9.84. The van der Waals surface area contributed by atoms with E-state index in [-0.39, 0.29) is 6.42 Å². The number of carbonyl (C=O) groups excluding carboxylic acids is 2. The first-order valence-corrected chi connectivity index (χ1v) is 6.29. The second kappa shape index (κ2) is 6.10. The Morgan fingerprint density at radius 2 is 1.90 bits per heavy atom. The number of nitrogens with zero attached hydrogens (tertiary/aromatic N) is 2. The Morgan fingerprint density at radius 3 is 2.45 bits per heavy atom. The van der Waals surface area contributed by atoms with Gasteiger partial charge >= 0.3 is 5.97 Å². The van der Waals surface area contributed by atoms with Gasteiger partial charge in [-0.2, -0.15) is 10.1 Å². The average molecular weight is 274 g/mol. The third-order valence-corrected chi connectivity index (χ3v) is 2.93. The SMILES string of the molecule is O=C(O)CCCC1=CCC(=NN2C(=O)C=CC2=O)C=C1. The fraction of sp³-hybridized carbons (Fsp3) is 0.286. The number of rotatable bonds is 5. The van der Waals surface area contributed by atoms with Crippen LogP contribution in [0.4, 0.5) is 0 Å². The largest absolute Gasteiger partial charge is 0.481 e. The molecule has 1 aliphatic carbocycles. The van der Waals surface area contributed by atoms with Gasteiger partial charge in [0, 0.05) is 25.0 Å². The quantitative estimate of drug-likeness (QED) is 0.768. The Balaban J connectivity index is 1.89. The van der Waals surface area contributed by atoms with Crippen molar-refractivity contribution in [2.45, 2.75) is 25.7 Å². The Bertz CT molecular complexity index is 552. The Hall–Kier alpha value is -2.50. The third-order valence-electron chi connectivity index (χ3n) is 2.93. The maximum absolute atomic E-state index is 11.3. The van der Waals surface area contributed by atoms with E-state index in [1.54, 1.807) is 6.08 Å². The third kappa shape index (κ3) is 3.50. The molecular weight excluding hydrogens is 260 g/mol. The molecule has 2 aliphatic rings. The summed E-state index contributed by atoms with van der Waals surface area (Å²) in [7, 11) is 0. The molecule has 2 amide bonds. The molecule has 0 atom stereocenters. The van der Waals surface area contributed by atoms with Gasteiger partial charge in [0.25, 0.3) is 11.8 Å². The zero-order chi connectivity index (χ0) is 14.5. The summed E-state index contributed by atoms with van der Waals surface area (Å²) in [5.74, 6) is -1.68. The van der Waals surface area contributed by atoms with Crippen molar-refractivity contribution in [3.8, 4) is 0 Å². The van der Waals surface area contributed by atoms with Gasteiger partial charge in [-0.15, -0.1) is 0 Å². The lowest BCUT2D eigenvalue weighted by molar-refractivity contribution is -0.138. The normalized spacial score (nSPS) is 19.9. The summed E-state index contributed by atoms with van der Waals surface area (Å²) >= 11 is 0. The van der Waals surface area contributed by atoms with E-state index in [4.69, 9.17) is 5.11 Å². The van der Waals surface area contributed by atoms with Gasteiger partial charge in [0.05, 0.1) is 5.71 Å². The van der Waals surface area contributed by atoms with Crippen LogP contribution in [0.5, 0.6) is 0 Å². The highest BCUT2D eigenvalue weighted by atomic mass is 16.4. The molecule has 0 spiro atoms. The van der Waals surface area contributed by atoms with Crippen LogP contribution in [0.2, 0.25) is 0 Å². The predicted octanol–water partition coefficient (Wildman–Crippen LogP) is 1.41. The summed E-state index contributed by atoms with van der Waals surface area (Å²) in [6, 6.07) is 0. The van der Waals surface area contributed by atoms with Crippen LogP contribution in [0.1, 0.15) is 25.7 Å². The van der Waals surface area contributed by atoms with Gasteiger partial charge in [0.1, 0.15) is 0 Å². The molecule has 0 fully saturated rings. The molecule has 0 aromatic rings. The second-order valence-corrected chi connectivity index (χ2v) is 4.48. The van der Waals surface area contributed by atoms with E-state index in [1.807, 2.05) is 12.2 Å². The van der Waals surface area contributed by atoms with Crippen molar-refractivity contribution in [3.05, 3.63) is 36.0 Å². The van der Waals surface area contributed by atoms with Gasteiger partial charge in [0.2, 0.25) is 0 Å². The molecule has 1 N–H and O–H groups in total. The second-order valence-electron chi connectivity index (χ2n) is 4.48. The lowest BCUT2D eigenvalue weighted by atomic mass is 10.0. The summed E-state index contributed by atoms with van der Waals surface area (Å²) in [5, 5.41) is 13.4. The van der Waals surface area contributed by atoms with Gasteiger partial charge in [-0.25, -0.2) is 0 Å². The molecule has 104 valence electrons. The summed E-state index contributed by atoms with van der Waals surface area (Å²) in [4.78, 5) is 33.1. The maximum atomic E-state index is 11.3. The highest BCUT2D eigenvalue weighted by Crippen LogP contribution is 2.16. The van der Waals surface area contributed by atoms with Gasteiger partial charge in [0.15, 0.2) is 0 Å². The smallest absolute Gasteiger partial charge is 0.303 e. The first kappa shape index (κ1) is 13.9. The lowest BCUT2D eigenvalue weighted by Gasteiger charge is -2.11. The van der Waals surface area contributed by atoms with E-state index in [0.717, 1.165) is 10.6 Å². The van der Waals surface area contributed by atoms with E-state index < -0.39 is 17.8 Å². The number of hydrogen-bond donors (Lipinski definition) is 1. The molecule has 0 saturated carbocycles. The Morgan fingerprint density at radius 1 is 1.20 bits per heavy atom. The molecule has 0 saturated heterocycles. The minimum absolute atomic E-state index is 0.147. The number of hydrazone groups is 1. The van der Waals surface area contributed by atoms with Crippen LogP contribution >= 0.6 is 0 Å². The van der Waals surface area contributed by atoms with Gasteiger partial charge in [-0.3, -0.25) is 14.4 Å². The van der Waals surface area contributed by atoms with Crippen LogP contribution in [0.3, 0.4) is 0 Å². The standard InChI is InChI=1S/C14H14N2O4/c17-12-8-9-13(18)16(12)15-11-6-4-10(5-7-11)2-1-3-14(19)20/h4-6,8-9H,1-3,7H2,(H,19,20). The number of hydrogen-bond acceptors (Lipinski definition) is 4. The van der Waals surface area contributed by atoms with Gasteiger partial charge in [-0.05, 0) is 18.9 Å². The van der Waals surface area contributed by atoms with Crippen molar-refractivity contribution in [1.82, 2.24) is 5.01 Å². The zero-order valence-electron chi connectivity index (χ0n) is 10.8. The van der Waals surface area contributed by atoms with E-state index in [1.165, 1.54) is 12.2 Å². The van der Waals surface area contributed by atoms with Crippen molar-refractivity contribution < 1.29 is 19.5 Å². The molecule has 6 nitrogen and oxygen atoms in total. The first-order chi connectivity index (χ1) is 9.56. The molecule has 1 heterocycles. The van der Waals surface area contributed by atoms with Gasteiger partial charge < -0.3 is 5.11 Å². The zero-order valence-corrected chi connectivity index (χ0v) is 10.8. The van der Waals surface area contributed by atoms with E-state index >= 15 is 0 Å². The number of aliphatic carboxylic acids is 1. The van der Waals surface area contributed by atoms with Gasteiger partial charge in [-0.1, -0.05) is 17.7 Å². The van der Waals surface area contributed by atoms with E-state index in [0.29, 0.717) is 25.0 Å². The minimum atomic E-state index is -0.800. The van der Waals surface area contributed by atoms with Crippen molar-refractivity contribution in [3.63, 3.8) is 0 Å². The summed E-state index contributed by atoms with van der Waals surface area (Å²) < 4.78 is 0. The summed E-state index contributed by atoms with van der Waals surface area (Å²) in [6.45, 7) is 0. The molecule has 0 bridgehead atoms. The van der Waals surface area contributed by atoms with Crippen molar-refractivity contribution in [1.29, 1.82) is 0 Å². The van der Waals surface area contributed by atoms with Crippen LogP contribution in [-0.4, -0.2) is 33.6 Å². The number of carbonyl (C=O) groups is 3. The molecule has 2 rings (SSSR count). The fourth-order valence-electron chi connectivity index (χ4n) is 1.90. The lowest BCUT2D eigenvalue weighted by Crippen LogP contribution is -2.25. The number of carboxylic acid groups (broad SMARTS) is 1. The van der Waals surface area contributed by atoms with Crippen LogP contribution in [-0.2, 0) is 14.4 Å². The molecule has 0 radical (unpaired) electrons. The molecular formula is C14H14N2O4. The molecule has 20 heavy (non-hydrogen) atoms.